The van der Waals surface area contributed by atoms with Crippen molar-refractivity contribution in [2.75, 3.05) is 9.80 Å². The number of anilines is 5. The molecule has 5 aromatic carbocycles. The zero-order valence-electron chi connectivity index (χ0n) is 28.9. The van der Waals surface area contributed by atoms with Crippen LogP contribution in [-0.2, 0) is 12.8 Å². The van der Waals surface area contributed by atoms with Crippen LogP contribution in [0.25, 0.3) is 6.08 Å². The van der Waals surface area contributed by atoms with Crippen LogP contribution in [0.4, 0.5) is 28.4 Å². The number of hydrogen-bond donors (Lipinski definition) is 0. The number of aryl methyl sites for hydroxylation is 1. The summed E-state index contributed by atoms with van der Waals surface area (Å²) < 4.78 is 0. The summed E-state index contributed by atoms with van der Waals surface area (Å²) in [5.41, 5.74) is 15.7. The standard InChI is InChI=1S/C47H35N5/c1-32-11-9-16-39-29-38-14-5-8-20-46(38)52(47(32)39)40-17-10-15-35(23-26-40)42(50-43(31-49)33(2)30-48)27-34-21-24-41(25-22-34)51-44-18-6-3-12-36(44)28-37-13-4-7-19-45(37)51/h3-14,16-27H,2,15,28-29H2,1H3/b42-27+,50-43-. The van der Waals surface area contributed by atoms with E-state index in [4.69, 9.17) is 4.99 Å². The Balaban J connectivity index is 1.20. The maximum atomic E-state index is 9.98. The van der Waals surface area contributed by atoms with Gasteiger partial charge in [-0.15, -0.1) is 0 Å². The van der Waals surface area contributed by atoms with E-state index in [9.17, 15) is 10.5 Å². The van der Waals surface area contributed by atoms with E-state index in [1.807, 2.05) is 12.1 Å². The van der Waals surface area contributed by atoms with Crippen molar-refractivity contribution in [1.82, 2.24) is 0 Å². The monoisotopic (exact) mass is 669 g/mol. The highest BCUT2D eigenvalue weighted by Crippen LogP contribution is 2.45. The number of aliphatic imine (C=N–C) groups is 1. The van der Waals surface area contributed by atoms with Gasteiger partial charge < -0.3 is 9.80 Å². The van der Waals surface area contributed by atoms with Crippen molar-refractivity contribution < 1.29 is 0 Å². The van der Waals surface area contributed by atoms with Crippen LogP contribution in [0.2, 0.25) is 0 Å². The molecule has 0 unspecified atom stereocenters. The Labute approximate surface area is 305 Å². The van der Waals surface area contributed by atoms with Gasteiger partial charge in [-0.05, 0) is 101 Å². The number of benzene rings is 5. The van der Waals surface area contributed by atoms with Crippen LogP contribution in [0.3, 0.4) is 0 Å². The molecule has 5 heteroatoms. The maximum Gasteiger partial charge on any atom is 0.158 e. The summed E-state index contributed by atoms with van der Waals surface area (Å²) in [6.07, 6.45) is 12.9. The van der Waals surface area contributed by atoms with E-state index in [0.717, 1.165) is 35.4 Å². The first kappa shape index (κ1) is 32.3. The number of para-hydroxylation sites is 4. The van der Waals surface area contributed by atoms with Gasteiger partial charge in [-0.3, -0.25) is 0 Å². The fourth-order valence-corrected chi connectivity index (χ4v) is 7.39. The molecule has 248 valence electrons. The van der Waals surface area contributed by atoms with E-state index in [0.29, 0.717) is 12.1 Å². The van der Waals surface area contributed by atoms with Gasteiger partial charge in [-0.2, -0.15) is 10.5 Å². The Morgan fingerprint density at radius 2 is 1.29 bits per heavy atom. The lowest BCUT2D eigenvalue weighted by Crippen LogP contribution is -2.23. The van der Waals surface area contributed by atoms with Gasteiger partial charge in [0, 0.05) is 41.3 Å². The van der Waals surface area contributed by atoms with E-state index >= 15 is 0 Å². The summed E-state index contributed by atoms with van der Waals surface area (Å²) in [6.45, 7) is 5.96. The molecular formula is C47H35N5. The second-order valence-corrected chi connectivity index (χ2v) is 13.2. The second kappa shape index (κ2) is 13.8. The predicted molar refractivity (Wildman–Crippen MR) is 212 cm³/mol. The highest BCUT2D eigenvalue weighted by atomic mass is 15.2. The first-order valence-corrected chi connectivity index (χ1v) is 17.4. The van der Waals surface area contributed by atoms with Crippen LogP contribution >= 0.6 is 0 Å². The molecule has 5 aromatic rings. The molecule has 0 aromatic heterocycles. The molecule has 0 saturated carbocycles. The molecule has 3 aliphatic rings. The Hall–Kier alpha value is -6.95. The number of fused-ring (bicyclic) bond motifs is 4. The third-order valence-electron chi connectivity index (χ3n) is 9.89. The highest BCUT2D eigenvalue weighted by Gasteiger charge is 2.26. The molecule has 8 rings (SSSR count). The first-order chi connectivity index (χ1) is 25.5. The van der Waals surface area contributed by atoms with Crippen molar-refractivity contribution in [1.29, 1.82) is 10.5 Å². The van der Waals surface area contributed by atoms with E-state index < -0.39 is 0 Å². The van der Waals surface area contributed by atoms with Gasteiger partial charge in [0.15, 0.2) is 5.71 Å². The molecule has 52 heavy (non-hydrogen) atoms. The van der Waals surface area contributed by atoms with Gasteiger partial charge in [-0.1, -0.05) is 104 Å². The van der Waals surface area contributed by atoms with Gasteiger partial charge >= 0.3 is 0 Å². The fourth-order valence-electron chi connectivity index (χ4n) is 7.39. The first-order valence-electron chi connectivity index (χ1n) is 17.4. The van der Waals surface area contributed by atoms with Gasteiger partial charge in [0.2, 0.25) is 0 Å². The van der Waals surface area contributed by atoms with Gasteiger partial charge in [0.1, 0.15) is 12.1 Å². The predicted octanol–water partition coefficient (Wildman–Crippen LogP) is 11.3. The summed E-state index contributed by atoms with van der Waals surface area (Å²) >= 11 is 0. The topological polar surface area (TPSA) is 66.4 Å². The Bertz CT molecular complexity index is 2450. The van der Waals surface area contributed by atoms with Gasteiger partial charge in [-0.25, -0.2) is 4.99 Å². The summed E-state index contributed by atoms with van der Waals surface area (Å²) in [4.78, 5) is 9.42. The average molecular weight is 670 g/mol. The number of hydrogen-bond acceptors (Lipinski definition) is 5. The Morgan fingerprint density at radius 1 is 0.692 bits per heavy atom. The molecule has 0 spiro atoms. The fraction of sp³-hybridized carbons (Fsp3) is 0.0851. The molecule has 0 bridgehead atoms. The molecule has 0 N–H and O–H groups in total. The van der Waals surface area contributed by atoms with Crippen molar-refractivity contribution in [3.8, 4) is 12.1 Å². The molecular weight excluding hydrogens is 635 g/mol. The van der Waals surface area contributed by atoms with Crippen LogP contribution < -0.4 is 9.80 Å². The summed E-state index contributed by atoms with van der Waals surface area (Å²) in [6, 6.07) is 44.7. The Morgan fingerprint density at radius 3 is 1.92 bits per heavy atom. The minimum absolute atomic E-state index is 0.000240. The zero-order chi connectivity index (χ0) is 35.6. The van der Waals surface area contributed by atoms with Crippen molar-refractivity contribution in [3.05, 3.63) is 202 Å². The summed E-state index contributed by atoms with van der Waals surface area (Å²) in [5.74, 6) is 0. The summed E-state index contributed by atoms with van der Waals surface area (Å²) in [7, 11) is 0. The molecule has 2 aliphatic heterocycles. The molecule has 2 heterocycles. The van der Waals surface area contributed by atoms with Crippen LogP contribution in [0.15, 0.2) is 174 Å². The number of nitrogens with zero attached hydrogens (tertiary/aromatic N) is 5. The van der Waals surface area contributed by atoms with Crippen LogP contribution in [-0.4, -0.2) is 5.71 Å². The summed E-state index contributed by atoms with van der Waals surface area (Å²) in [5, 5.41) is 19.6. The number of nitriles is 2. The van der Waals surface area contributed by atoms with Crippen LogP contribution in [0, 0.1) is 29.6 Å². The number of allylic oxidation sites excluding steroid dienone is 6. The molecule has 5 nitrogen and oxygen atoms in total. The largest absolute Gasteiger partial charge is 0.310 e. The van der Waals surface area contributed by atoms with Crippen molar-refractivity contribution in [2.45, 2.75) is 26.2 Å². The lowest BCUT2D eigenvalue weighted by atomic mass is 9.92. The minimum atomic E-state index is -0.000240. The maximum absolute atomic E-state index is 9.98. The number of rotatable bonds is 6. The van der Waals surface area contributed by atoms with E-state index in [1.54, 1.807) is 0 Å². The third-order valence-corrected chi connectivity index (χ3v) is 9.89. The molecule has 0 saturated heterocycles. The molecule has 1 aliphatic carbocycles. The van der Waals surface area contributed by atoms with E-state index in [-0.39, 0.29) is 11.3 Å². The normalized spacial score (nSPS) is 14.8. The second-order valence-electron chi connectivity index (χ2n) is 13.2. The average Bonchev–Trinajstić information content (AvgIpc) is 3.44. The minimum Gasteiger partial charge on any atom is -0.310 e. The van der Waals surface area contributed by atoms with Crippen molar-refractivity contribution in [3.63, 3.8) is 0 Å². The van der Waals surface area contributed by atoms with Crippen molar-refractivity contribution >= 4 is 40.2 Å². The third kappa shape index (κ3) is 5.96. The molecule has 0 fully saturated rings. The lowest BCUT2D eigenvalue weighted by molar-refractivity contribution is 1.05. The smallest absolute Gasteiger partial charge is 0.158 e. The van der Waals surface area contributed by atoms with Gasteiger partial charge in [0.25, 0.3) is 0 Å². The Kier molecular flexibility index (Phi) is 8.53. The van der Waals surface area contributed by atoms with E-state index in [2.05, 4.69) is 169 Å². The lowest BCUT2D eigenvalue weighted by Gasteiger charge is -2.35. The molecule has 0 radical (unpaired) electrons. The molecule has 0 amide bonds. The quantitative estimate of drug-likeness (QED) is 0.131. The van der Waals surface area contributed by atoms with Crippen LogP contribution in [0.5, 0.6) is 0 Å². The SMILES string of the molecule is C=C(C#N)/C(C#N)=N\C(=C\c1ccc(N2c3ccccc3Cc3ccccc32)cc1)C1=CC=C(N2c3ccccc3Cc3cccc(C)c32)C=CC1. The highest BCUT2D eigenvalue weighted by molar-refractivity contribution is 6.14. The van der Waals surface area contributed by atoms with Gasteiger partial charge in [0.05, 0.1) is 17.0 Å². The molecule has 0 atom stereocenters. The van der Waals surface area contributed by atoms with E-state index in [1.165, 1.54) is 50.6 Å². The van der Waals surface area contributed by atoms with Crippen LogP contribution in [0.1, 0.15) is 39.8 Å². The zero-order valence-corrected chi connectivity index (χ0v) is 28.9. The van der Waals surface area contributed by atoms with Crippen molar-refractivity contribution in [2.24, 2.45) is 4.99 Å².